The van der Waals surface area contributed by atoms with E-state index in [9.17, 15) is 0 Å². The number of hydrogen-bond donors (Lipinski definition) is 1. The van der Waals surface area contributed by atoms with E-state index in [-0.39, 0.29) is 0 Å². The van der Waals surface area contributed by atoms with Crippen molar-refractivity contribution >= 4 is 21.7 Å². The van der Waals surface area contributed by atoms with Crippen LogP contribution in [0.25, 0.3) is 5.95 Å². The van der Waals surface area contributed by atoms with E-state index >= 15 is 0 Å². The summed E-state index contributed by atoms with van der Waals surface area (Å²) in [4.78, 5) is 8.18. The van der Waals surface area contributed by atoms with Gasteiger partial charge in [-0.15, -0.1) is 5.10 Å². The fourth-order valence-electron chi connectivity index (χ4n) is 1.000. The molecule has 2 aromatic heterocycles. The summed E-state index contributed by atoms with van der Waals surface area (Å²) in [6.07, 6.45) is 5.11. The second-order valence-electron chi connectivity index (χ2n) is 2.84. The zero-order valence-corrected chi connectivity index (χ0v) is 9.06. The van der Waals surface area contributed by atoms with Crippen molar-refractivity contribution in [1.82, 2.24) is 19.7 Å². The first-order valence-electron chi connectivity index (χ1n) is 3.96. The van der Waals surface area contributed by atoms with E-state index in [4.69, 9.17) is 5.73 Å². The maximum Gasteiger partial charge on any atom is 0.250 e. The van der Waals surface area contributed by atoms with E-state index in [0.29, 0.717) is 11.8 Å². The Bertz CT molecular complexity index is 428. The average molecular weight is 254 g/mol. The SMILES string of the molecule is Cc1cn(-c2ncc(Br)cn2)nc1N. The first-order chi connectivity index (χ1) is 6.66. The standard InChI is InChI=1S/C8H8BrN5/c1-5-4-14(13-7(5)10)8-11-2-6(9)3-12-8/h2-4H,1H3,(H2,10,13). The largest absolute Gasteiger partial charge is 0.382 e. The van der Waals surface area contributed by atoms with E-state index in [0.717, 1.165) is 10.0 Å². The molecule has 0 saturated heterocycles. The number of aromatic nitrogens is 4. The van der Waals surface area contributed by atoms with Gasteiger partial charge in [-0.1, -0.05) is 0 Å². The summed E-state index contributed by atoms with van der Waals surface area (Å²) in [5, 5.41) is 4.06. The third-order valence-electron chi connectivity index (χ3n) is 1.75. The molecule has 0 aromatic carbocycles. The van der Waals surface area contributed by atoms with Gasteiger partial charge in [-0.2, -0.15) is 0 Å². The van der Waals surface area contributed by atoms with Crippen LogP contribution in [0.2, 0.25) is 0 Å². The Kier molecular flexibility index (Phi) is 2.20. The maximum atomic E-state index is 5.61. The molecule has 5 nitrogen and oxygen atoms in total. The lowest BCUT2D eigenvalue weighted by atomic mass is 10.4. The third-order valence-corrected chi connectivity index (χ3v) is 2.16. The summed E-state index contributed by atoms with van der Waals surface area (Å²) in [6, 6.07) is 0. The summed E-state index contributed by atoms with van der Waals surface area (Å²) in [6.45, 7) is 1.89. The van der Waals surface area contributed by atoms with E-state index in [2.05, 4.69) is 31.0 Å². The molecule has 0 unspecified atom stereocenters. The molecular weight excluding hydrogens is 246 g/mol. The van der Waals surface area contributed by atoms with Crippen LogP contribution in [0.4, 0.5) is 5.82 Å². The van der Waals surface area contributed by atoms with Gasteiger partial charge in [0.15, 0.2) is 0 Å². The van der Waals surface area contributed by atoms with Gasteiger partial charge in [-0.05, 0) is 22.9 Å². The Balaban J connectivity index is 2.44. The van der Waals surface area contributed by atoms with Gasteiger partial charge < -0.3 is 5.73 Å². The average Bonchev–Trinajstić information content (AvgIpc) is 2.48. The number of nitrogens with zero attached hydrogens (tertiary/aromatic N) is 4. The van der Waals surface area contributed by atoms with Crippen LogP contribution in [0, 0.1) is 6.92 Å². The van der Waals surface area contributed by atoms with Gasteiger partial charge in [-0.25, -0.2) is 14.6 Å². The normalized spacial score (nSPS) is 10.4. The molecule has 2 heterocycles. The van der Waals surface area contributed by atoms with E-state index in [1.54, 1.807) is 23.3 Å². The quantitative estimate of drug-likeness (QED) is 0.833. The minimum atomic E-state index is 0.497. The van der Waals surface area contributed by atoms with Crippen LogP contribution >= 0.6 is 15.9 Å². The van der Waals surface area contributed by atoms with Crippen LogP contribution in [0.3, 0.4) is 0 Å². The van der Waals surface area contributed by atoms with Crippen molar-refractivity contribution in [3.8, 4) is 5.95 Å². The highest BCUT2D eigenvalue weighted by molar-refractivity contribution is 9.10. The van der Waals surface area contributed by atoms with Gasteiger partial charge in [0.2, 0.25) is 0 Å². The van der Waals surface area contributed by atoms with Crippen molar-refractivity contribution in [2.45, 2.75) is 6.92 Å². The molecule has 0 aliphatic heterocycles. The van der Waals surface area contributed by atoms with Crippen molar-refractivity contribution < 1.29 is 0 Å². The van der Waals surface area contributed by atoms with Crippen molar-refractivity contribution in [2.24, 2.45) is 0 Å². The zero-order chi connectivity index (χ0) is 10.1. The van der Waals surface area contributed by atoms with Crippen LogP contribution in [0.15, 0.2) is 23.1 Å². The van der Waals surface area contributed by atoms with E-state index in [1.165, 1.54) is 0 Å². The van der Waals surface area contributed by atoms with Crippen LogP contribution < -0.4 is 5.73 Å². The number of rotatable bonds is 1. The highest BCUT2D eigenvalue weighted by atomic mass is 79.9. The van der Waals surface area contributed by atoms with Crippen LogP contribution in [0.5, 0.6) is 0 Å². The summed E-state index contributed by atoms with van der Waals surface area (Å²) in [5.74, 6) is 1.00. The molecule has 0 fully saturated rings. The summed E-state index contributed by atoms with van der Waals surface area (Å²) >= 11 is 3.26. The molecule has 0 aliphatic rings. The first-order valence-corrected chi connectivity index (χ1v) is 4.76. The predicted octanol–water partition coefficient (Wildman–Crippen LogP) is 1.32. The first kappa shape index (κ1) is 9.14. The molecule has 0 aliphatic carbocycles. The Morgan fingerprint density at radius 1 is 1.36 bits per heavy atom. The summed E-state index contributed by atoms with van der Waals surface area (Å²) in [7, 11) is 0. The minimum absolute atomic E-state index is 0.497. The maximum absolute atomic E-state index is 5.61. The lowest BCUT2D eigenvalue weighted by molar-refractivity contribution is 0.809. The number of halogens is 1. The Morgan fingerprint density at radius 3 is 2.50 bits per heavy atom. The smallest absolute Gasteiger partial charge is 0.250 e. The topological polar surface area (TPSA) is 69.6 Å². The Labute approximate surface area is 89.1 Å². The molecule has 0 atom stereocenters. The molecule has 72 valence electrons. The van der Waals surface area contributed by atoms with Crippen molar-refractivity contribution in [3.05, 3.63) is 28.6 Å². The van der Waals surface area contributed by atoms with Crippen LogP contribution in [0.1, 0.15) is 5.56 Å². The lowest BCUT2D eigenvalue weighted by Crippen LogP contribution is -2.01. The molecule has 14 heavy (non-hydrogen) atoms. The van der Waals surface area contributed by atoms with Gasteiger partial charge >= 0.3 is 0 Å². The molecule has 0 amide bonds. The zero-order valence-electron chi connectivity index (χ0n) is 7.48. The van der Waals surface area contributed by atoms with E-state index < -0.39 is 0 Å². The van der Waals surface area contributed by atoms with Gasteiger partial charge in [0.05, 0.1) is 4.47 Å². The Morgan fingerprint density at radius 2 is 2.00 bits per heavy atom. The fraction of sp³-hybridized carbons (Fsp3) is 0.125. The Hall–Kier alpha value is -1.43. The number of aryl methyl sites for hydroxylation is 1. The molecule has 0 radical (unpaired) electrons. The second-order valence-corrected chi connectivity index (χ2v) is 3.76. The third kappa shape index (κ3) is 1.60. The van der Waals surface area contributed by atoms with Gasteiger partial charge in [0.25, 0.3) is 5.95 Å². The molecular formula is C8H8BrN5. The monoisotopic (exact) mass is 253 g/mol. The molecule has 2 rings (SSSR count). The highest BCUT2D eigenvalue weighted by Crippen LogP contribution is 2.11. The number of nitrogen functional groups attached to an aromatic ring is 1. The molecule has 0 bridgehead atoms. The van der Waals surface area contributed by atoms with Crippen LogP contribution in [-0.4, -0.2) is 19.7 Å². The van der Waals surface area contributed by atoms with Crippen LogP contribution in [-0.2, 0) is 0 Å². The molecule has 6 heteroatoms. The number of anilines is 1. The van der Waals surface area contributed by atoms with E-state index in [1.807, 2.05) is 6.92 Å². The van der Waals surface area contributed by atoms with Gasteiger partial charge in [0.1, 0.15) is 5.82 Å². The predicted molar refractivity (Wildman–Crippen MR) is 56.0 cm³/mol. The second kappa shape index (κ2) is 3.38. The number of nitrogens with two attached hydrogens (primary N) is 1. The molecule has 2 aromatic rings. The summed E-state index contributed by atoms with van der Waals surface area (Å²) in [5.41, 5.74) is 6.52. The lowest BCUT2D eigenvalue weighted by Gasteiger charge is -1.97. The molecule has 0 spiro atoms. The number of hydrogen-bond acceptors (Lipinski definition) is 4. The highest BCUT2D eigenvalue weighted by Gasteiger charge is 2.04. The van der Waals surface area contributed by atoms with Gasteiger partial charge in [-0.3, -0.25) is 0 Å². The summed E-state index contributed by atoms with van der Waals surface area (Å²) < 4.78 is 2.38. The minimum Gasteiger partial charge on any atom is -0.382 e. The van der Waals surface area contributed by atoms with Crippen molar-refractivity contribution in [1.29, 1.82) is 0 Å². The molecule has 0 saturated carbocycles. The molecule has 2 N–H and O–H groups in total. The van der Waals surface area contributed by atoms with Crippen molar-refractivity contribution in [2.75, 3.05) is 5.73 Å². The van der Waals surface area contributed by atoms with Crippen molar-refractivity contribution in [3.63, 3.8) is 0 Å². The van der Waals surface area contributed by atoms with Gasteiger partial charge in [0, 0.05) is 24.2 Å². The fourth-order valence-corrected chi connectivity index (χ4v) is 1.20.